The number of benzene rings is 2. The largest absolute Gasteiger partial charge is 0.507 e. The summed E-state index contributed by atoms with van der Waals surface area (Å²) in [5.41, 5.74) is -0.0219. The Kier molecular flexibility index (Phi) is 5.80. The maximum Gasteiger partial charge on any atom is 0.200 e. The lowest BCUT2D eigenvalue weighted by Crippen LogP contribution is -2.40. The highest BCUT2D eigenvalue weighted by Crippen LogP contribution is 2.42. The molecule has 3 aromatic rings. The molecule has 2 aromatic carbocycles. The molecule has 1 aromatic heterocycles. The van der Waals surface area contributed by atoms with Gasteiger partial charge in [0.1, 0.15) is 48.1 Å². The third kappa shape index (κ3) is 3.48. The molecular formula is C22H22O10. The van der Waals surface area contributed by atoms with Gasteiger partial charge in [-0.2, -0.15) is 0 Å². The van der Waals surface area contributed by atoms with Crippen LogP contribution >= 0.6 is 0 Å². The van der Waals surface area contributed by atoms with Crippen LogP contribution in [0.25, 0.3) is 22.1 Å². The highest BCUT2D eigenvalue weighted by molar-refractivity contribution is 5.86. The first-order chi connectivity index (χ1) is 15.3. The van der Waals surface area contributed by atoms with Gasteiger partial charge >= 0.3 is 0 Å². The zero-order valence-corrected chi connectivity index (χ0v) is 16.9. The molecule has 0 saturated carbocycles. The van der Waals surface area contributed by atoms with Gasteiger partial charge < -0.3 is 44.5 Å². The topological polar surface area (TPSA) is 170 Å². The highest BCUT2D eigenvalue weighted by atomic mass is 16.6. The van der Waals surface area contributed by atoms with Gasteiger partial charge in [0.25, 0.3) is 0 Å². The number of aliphatic hydroxyl groups excluding tert-OH is 4. The number of rotatable bonds is 5. The molecule has 0 radical (unpaired) electrons. The Morgan fingerprint density at radius 1 is 1.09 bits per heavy atom. The van der Waals surface area contributed by atoms with E-state index in [1.807, 2.05) is 0 Å². The van der Waals surface area contributed by atoms with E-state index < -0.39 is 42.6 Å². The van der Waals surface area contributed by atoms with Gasteiger partial charge in [-0.15, -0.1) is 0 Å². The van der Waals surface area contributed by atoms with Crippen LogP contribution in [-0.2, 0) is 4.74 Å². The zero-order chi connectivity index (χ0) is 23.2. The lowest BCUT2D eigenvalue weighted by atomic mass is 9.96. The second-order valence-corrected chi connectivity index (χ2v) is 7.49. The van der Waals surface area contributed by atoms with Crippen LogP contribution in [0.1, 0.15) is 11.7 Å². The molecule has 10 nitrogen and oxygen atoms in total. The van der Waals surface area contributed by atoms with Gasteiger partial charge in [-0.3, -0.25) is 4.79 Å². The first-order valence-electron chi connectivity index (χ1n) is 9.73. The number of hydrogen-bond acceptors (Lipinski definition) is 10. The van der Waals surface area contributed by atoms with Gasteiger partial charge in [0, 0.05) is 0 Å². The molecule has 1 fully saturated rings. The van der Waals surface area contributed by atoms with Crippen LogP contribution in [-0.4, -0.2) is 68.8 Å². The van der Waals surface area contributed by atoms with Crippen molar-refractivity contribution in [2.24, 2.45) is 0 Å². The predicted octanol–water partition coefficient (Wildman–Crippen LogP) is 0.395. The smallest absolute Gasteiger partial charge is 0.200 e. The van der Waals surface area contributed by atoms with Crippen molar-refractivity contribution in [3.8, 4) is 28.4 Å². The second kappa shape index (κ2) is 8.41. The molecule has 4 rings (SSSR count). The summed E-state index contributed by atoms with van der Waals surface area (Å²) in [6.45, 7) is -0.711. The molecule has 1 saturated heterocycles. The third-order valence-electron chi connectivity index (χ3n) is 5.60. The van der Waals surface area contributed by atoms with Crippen molar-refractivity contribution in [1.82, 2.24) is 0 Å². The summed E-state index contributed by atoms with van der Waals surface area (Å²) in [4.78, 5) is 13.2. The van der Waals surface area contributed by atoms with Gasteiger partial charge in [0.15, 0.2) is 11.5 Å². The minimum absolute atomic E-state index is 0.0683. The highest BCUT2D eigenvalue weighted by Gasteiger charge is 2.48. The minimum Gasteiger partial charge on any atom is -0.507 e. The quantitative estimate of drug-likeness (QED) is 0.322. The van der Waals surface area contributed by atoms with E-state index in [-0.39, 0.29) is 39.3 Å². The maximum absolute atomic E-state index is 13.2. The Morgan fingerprint density at radius 3 is 2.50 bits per heavy atom. The van der Waals surface area contributed by atoms with Crippen LogP contribution in [0, 0.1) is 0 Å². The fourth-order valence-corrected chi connectivity index (χ4v) is 3.90. The Morgan fingerprint density at radius 2 is 1.81 bits per heavy atom. The van der Waals surface area contributed by atoms with Crippen molar-refractivity contribution in [2.75, 3.05) is 13.7 Å². The van der Waals surface area contributed by atoms with Crippen molar-refractivity contribution in [3.05, 3.63) is 52.4 Å². The maximum atomic E-state index is 13.2. The van der Waals surface area contributed by atoms with Crippen LogP contribution < -0.4 is 10.2 Å². The van der Waals surface area contributed by atoms with E-state index >= 15 is 0 Å². The van der Waals surface area contributed by atoms with Crippen molar-refractivity contribution in [1.29, 1.82) is 0 Å². The van der Waals surface area contributed by atoms with Gasteiger partial charge in [-0.1, -0.05) is 6.07 Å². The molecule has 2 heterocycles. The number of fused-ring (bicyclic) bond motifs is 1. The van der Waals surface area contributed by atoms with Crippen molar-refractivity contribution >= 4 is 11.0 Å². The molecule has 6 N–H and O–H groups in total. The van der Waals surface area contributed by atoms with Crippen LogP contribution in [0.3, 0.4) is 0 Å². The third-order valence-corrected chi connectivity index (χ3v) is 5.60. The van der Waals surface area contributed by atoms with Gasteiger partial charge in [-0.25, -0.2) is 0 Å². The molecule has 0 unspecified atom stereocenters. The number of ether oxygens (including phenoxy) is 2. The van der Waals surface area contributed by atoms with Gasteiger partial charge in [0.2, 0.25) is 5.43 Å². The normalized spacial score (nSPS) is 24.0. The Balaban J connectivity index is 1.84. The van der Waals surface area contributed by atoms with Crippen LogP contribution in [0.4, 0.5) is 0 Å². The molecule has 0 spiro atoms. The lowest BCUT2D eigenvalue weighted by Gasteiger charge is -2.19. The molecule has 10 heteroatoms. The molecule has 0 amide bonds. The molecule has 1 aliphatic heterocycles. The molecule has 170 valence electrons. The first-order valence-corrected chi connectivity index (χ1v) is 9.73. The van der Waals surface area contributed by atoms with E-state index in [2.05, 4.69) is 0 Å². The van der Waals surface area contributed by atoms with Crippen LogP contribution in [0.2, 0.25) is 0 Å². The zero-order valence-electron chi connectivity index (χ0n) is 16.9. The van der Waals surface area contributed by atoms with E-state index in [9.17, 15) is 30.3 Å². The number of aliphatic hydroxyl groups is 4. The van der Waals surface area contributed by atoms with E-state index in [1.54, 1.807) is 0 Å². The minimum atomic E-state index is -1.57. The SMILES string of the molecule is COc1cc(-c2coc3c([C@@H]4O[C@H]([C@H](O)CO)[C@H](O)[C@H]4O)c(O)ccc3c2=O)ccc1O. The molecule has 32 heavy (non-hydrogen) atoms. The van der Waals surface area contributed by atoms with E-state index in [0.717, 1.165) is 6.26 Å². The summed E-state index contributed by atoms with van der Waals surface area (Å²) in [6.07, 6.45) is -6.06. The van der Waals surface area contributed by atoms with Crippen molar-refractivity contribution < 1.29 is 44.5 Å². The molecular weight excluding hydrogens is 424 g/mol. The number of aromatic hydroxyl groups is 2. The average molecular weight is 446 g/mol. The summed E-state index contributed by atoms with van der Waals surface area (Å²) in [7, 11) is 1.37. The Bertz CT molecular complexity index is 1200. The average Bonchev–Trinajstić information content (AvgIpc) is 3.08. The summed E-state index contributed by atoms with van der Waals surface area (Å²) in [6, 6.07) is 6.93. The standard InChI is InChI=1S/C22H22O10/c1-30-15-6-9(2-4-12(15)24)11-8-31-20-10(17(11)27)3-5-13(25)16(20)22-19(29)18(28)21(32-22)14(26)7-23/h2-6,8,14,18-19,21-26,28-29H,7H2,1H3/t14-,18-,19-,21-,22+/m1/s1. The summed E-state index contributed by atoms with van der Waals surface area (Å²) in [5, 5.41) is 60.0. The Labute approximate surface area is 181 Å². The molecule has 5 atom stereocenters. The van der Waals surface area contributed by atoms with E-state index in [0.29, 0.717) is 5.56 Å². The number of methoxy groups -OCH3 is 1. The first kappa shape index (κ1) is 22.1. The summed E-state index contributed by atoms with van der Waals surface area (Å²) < 4.78 is 16.3. The molecule has 0 bridgehead atoms. The second-order valence-electron chi connectivity index (χ2n) is 7.49. The van der Waals surface area contributed by atoms with Crippen LogP contribution in [0.5, 0.6) is 17.2 Å². The summed E-state index contributed by atoms with van der Waals surface area (Å²) >= 11 is 0. The number of phenols is 2. The fraction of sp³-hybridized carbons (Fsp3) is 0.318. The monoisotopic (exact) mass is 446 g/mol. The molecule has 0 aliphatic carbocycles. The fourth-order valence-electron chi connectivity index (χ4n) is 3.90. The Hall–Kier alpha value is -3.15. The molecule has 1 aliphatic rings. The summed E-state index contributed by atoms with van der Waals surface area (Å²) in [5.74, 6) is -0.285. The predicted molar refractivity (Wildman–Crippen MR) is 111 cm³/mol. The lowest BCUT2D eigenvalue weighted by molar-refractivity contribution is -0.0822. The van der Waals surface area contributed by atoms with Gasteiger partial charge in [-0.05, 0) is 29.8 Å². The van der Waals surface area contributed by atoms with Crippen LogP contribution in [0.15, 0.2) is 45.8 Å². The van der Waals surface area contributed by atoms with E-state index in [4.69, 9.17) is 19.0 Å². The van der Waals surface area contributed by atoms with E-state index in [1.165, 1.54) is 37.4 Å². The van der Waals surface area contributed by atoms with Crippen molar-refractivity contribution in [3.63, 3.8) is 0 Å². The van der Waals surface area contributed by atoms with Crippen molar-refractivity contribution in [2.45, 2.75) is 30.5 Å². The van der Waals surface area contributed by atoms with Gasteiger partial charge in [0.05, 0.1) is 30.2 Å². The number of hydrogen-bond donors (Lipinski definition) is 6. The number of phenolic OH excluding ortho intramolecular Hbond substituents is 2.